The molecule has 0 spiro atoms. The second-order valence-corrected chi connectivity index (χ2v) is 9.02. The van der Waals surface area contributed by atoms with Crippen molar-refractivity contribution >= 4 is 22.5 Å². The van der Waals surface area contributed by atoms with Gasteiger partial charge in [0.2, 0.25) is 0 Å². The highest BCUT2D eigenvalue weighted by molar-refractivity contribution is 6.18. The number of nitrogens with zero attached hydrogens (tertiary/aromatic N) is 2. The van der Waals surface area contributed by atoms with E-state index in [0.29, 0.717) is 52.0 Å². The van der Waals surface area contributed by atoms with Gasteiger partial charge in [0.25, 0.3) is 0 Å². The van der Waals surface area contributed by atoms with Crippen LogP contribution in [-0.2, 0) is 9.63 Å². The molecule has 0 fully saturated rings. The number of carbonyl (C=O) groups is 1. The van der Waals surface area contributed by atoms with Gasteiger partial charge in [-0.05, 0) is 72.5 Å². The van der Waals surface area contributed by atoms with Crippen LogP contribution in [0.3, 0.4) is 0 Å². The Labute approximate surface area is 244 Å². The topological polar surface area (TPSA) is 107 Å². The Bertz CT molecular complexity index is 1540. The molecule has 0 saturated carbocycles. The van der Waals surface area contributed by atoms with Crippen LogP contribution in [0, 0.1) is 0 Å². The molecule has 0 bridgehead atoms. The maximum absolute atomic E-state index is 12.7. The number of pyridine rings is 1. The van der Waals surface area contributed by atoms with Gasteiger partial charge in [0, 0.05) is 17.1 Å². The second-order valence-electron chi connectivity index (χ2n) is 9.02. The average molecular weight is 575 g/mol. The molecule has 42 heavy (non-hydrogen) atoms. The van der Waals surface area contributed by atoms with Gasteiger partial charge in [-0.1, -0.05) is 18.5 Å². The lowest BCUT2D eigenvalue weighted by atomic mass is 10.0. The van der Waals surface area contributed by atoms with E-state index in [1.807, 2.05) is 12.1 Å². The summed E-state index contributed by atoms with van der Waals surface area (Å²) in [6.45, 7) is 2.40. The van der Waals surface area contributed by atoms with Crippen LogP contribution in [0.4, 0.5) is 0 Å². The Morgan fingerprint density at radius 2 is 1.40 bits per heavy atom. The number of aromatic nitrogens is 1. The molecule has 0 amide bonds. The van der Waals surface area contributed by atoms with E-state index < -0.39 is 5.97 Å². The molecule has 0 aliphatic carbocycles. The lowest BCUT2D eigenvalue weighted by Gasteiger charge is -2.14. The van der Waals surface area contributed by atoms with Gasteiger partial charge in [-0.2, -0.15) is 0 Å². The summed E-state index contributed by atoms with van der Waals surface area (Å²) in [5.74, 6) is 2.61. The van der Waals surface area contributed by atoms with Gasteiger partial charge >= 0.3 is 5.97 Å². The molecule has 0 unspecified atom stereocenters. The lowest BCUT2D eigenvalue weighted by Crippen LogP contribution is -2.15. The lowest BCUT2D eigenvalue weighted by molar-refractivity contribution is -0.146. The number of ether oxygens (including phenoxy) is 6. The Morgan fingerprint density at radius 1 is 0.762 bits per heavy atom. The smallest absolute Gasteiger partial charge is 0.372 e. The highest BCUT2D eigenvalue weighted by atomic mass is 16.7. The molecule has 0 aliphatic heterocycles. The molecular weight excluding hydrogens is 540 g/mol. The molecule has 0 aliphatic rings. The highest BCUT2D eigenvalue weighted by Gasteiger charge is 2.19. The van der Waals surface area contributed by atoms with Gasteiger partial charge in [0.05, 0.1) is 35.0 Å². The van der Waals surface area contributed by atoms with Crippen molar-refractivity contribution < 1.29 is 38.1 Å². The SMILES string of the molecule is CCCCOc1ccc(OCC(=O)O/N=C(\c2ccc(OC)c(OC)c2)c2nccc3cc(OC)c(OC)cc23)cc1. The molecule has 220 valence electrons. The minimum atomic E-state index is -0.698. The summed E-state index contributed by atoms with van der Waals surface area (Å²) in [6.07, 6.45) is 3.67. The van der Waals surface area contributed by atoms with Gasteiger partial charge in [0.15, 0.2) is 29.6 Å². The standard InChI is InChI=1S/C32H34N2O8/c1-6-7-16-40-23-9-11-24(12-10-23)41-20-30(35)42-34-31(22-8-13-26(36-2)27(18-22)37-3)32-25-19-29(39-5)28(38-4)17-21(25)14-15-33-32/h8-15,17-19H,6-7,16,20H2,1-5H3/b34-31+. The molecule has 1 aromatic heterocycles. The number of methoxy groups -OCH3 is 4. The number of rotatable bonds is 14. The summed E-state index contributed by atoms with van der Waals surface area (Å²) >= 11 is 0. The average Bonchev–Trinajstić information content (AvgIpc) is 3.03. The van der Waals surface area contributed by atoms with Crippen molar-refractivity contribution in [2.45, 2.75) is 19.8 Å². The zero-order valence-corrected chi connectivity index (χ0v) is 24.3. The third kappa shape index (κ3) is 7.20. The Hall–Kier alpha value is -4.99. The Balaban J connectivity index is 1.63. The molecule has 4 aromatic rings. The van der Waals surface area contributed by atoms with Gasteiger partial charge < -0.3 is 33.3 Å². The number of hydrogen-bond acceptors (Lipinski definition) is 10. The molecule has 0 radical (unpaired) electrons. The van der Waals surface area contributed by atoms with E-state index in [1.165, 1.54) is 7.11 Å². The van der Waals surface area contributed by atoms with Crippen molar-refractivity contribution in [1.82, 2.24) is 4.98 Å². The normalized spacial score (nSPS) is 11.1. The van der Waals surface area contributed by atoms with E-state index in [4.69, 9.17) is 33.3 Å². The first-order chi connectivity index (χ1) is 20.5. The molecule has 0 saturated heterocycles. The molecule has 10 nitrogen and oxygen atoms in total. The first-order valence-electron chi connectivity index (χ1n) is 13.4. The summed E-state index contributed by atoms with van der Waals surface area (Å²) in [4.78, 5) is 22.6. The fourth-order valence-corrected chi connectivity index (χ4v) is 4.14. The third-order valence-electron chi connectivity index (χ3n) is 6.34. The summed E-state index contributed by atoms with van der Waals surface area (Å²) in [5.41, 5.74) is 1.32. The van der Waals surface area contributed by atoms with Crippen LogP contribution < -0.4 is 28.4 Å². The second kappa shape index (κ2) is 14.6. The van der Waals surface area contributed by atoms with Gasteiger partial charge in [0.1, 0.15) is 22.9 Å². The minimum Gasteiger partial charge on any atom is -0.494 e. The van der Waals surface area contributed by atoms with Crippen molar-refractivity contribution in [3.63, 3.8) is 0 Å². The molecule has 3 aromatic carbocycles. The van der Waals surface area contributed by atoms with Crippen LogP contribution in [-0.4, -0.2) is 58.3 Å². The molecule has 0 N–H and O–H groups in total. The zero-order chi connectivity index (χ0) is 29.9. The summed E-state index contributed by atoms with van der Waals surface area (Å²) < 4.78 is 33.1. The van der Waals surface area contributed by atoms with E-state index in [0.717, 1.165) is 24.0 Å². The van der Waals surface area contributed by atoms with E-state index in [9.17, 15) is 4.79 Å². The predicted octanol–water partition coefficient (Wildman–Crippen LogP) is 5.82. The number of oxime groups is 1. The Kier molecular flexibility index (Phi) is 10.4. The van der Waals surface area contributed by atoms with Crippen LogP contribution in [0.1, 0.15) is 31.0 Å². The number of hydrogen-bond donors (Lipinski definition) is 0. The predicted molar refractivity (Wildman–Crippen MR) is 158 cm³/mol. The molecular formula is C32H34N2O8. The fraction of sp³-hybridized carbons (Fsp3) is 0.281. The number of benzene rings is 3. The Morgan fingerprint density at radius 3 is 2.07 bits per heavy atom. The maximum atomic E-state index is 12.7. The first-order valence-corrected chi connectivity index (χ1v) is 13.4. The highest BCUT2D eigenvalue weighted by Crippen LogP contribution is 2.35. The number of fused-ring (bicyclic) bond motifs is 1. The third-order valence-corrected chi connectivity index (χ3v) is 6.34. The van der Waals surface area contributed by atoms with E-state index in [1.54, 1.807) is 76.1 Å². The van der Waals surface area contributed by atoms with Crippen LogP contribution >= 0.6 is 0 Å². The summed E-state index contributed by atoms with van der Waals surface area (Å²) in [5, 5.41) is 5.78. The number of unbranched alkanes of at least 4 members (excludes halogenated alkanes) is 1. The van der Waals surface area contributed by atoms with E-state index in [2.05, 4.69) is 17.1 Å². The van der Waals surface area contributed by atoms with E-state index in [-0.39, 0.29) is 12.3 Å². The minimum absolute atomic E-state index is 0.288. The summed E-state index contributed by atoms with van der Waals surface area (Å²) in [7, 11) is 6.21. The quantitative estimate of drug-likeness (QED) is 0.0796. The van der Waals surface area contributed by atoms with Crippen molar-refractivity contribution in [3.8, 4) is 34.5 Å². The van der Waals surface area contributed by atoms with Crippen LogP contribution in [0.2, 0.25) is 0 Å². The van der Waals surface area contributed by atoms with Crippen molar-refractivity contribution in [2.24, 2.45) is 5.16 Å². The monoisotopic (exact) mass is 574 g/mol. The summed E-state index contributed by atoms with van der Waals surface area (Å²) in [6, 6.07) is 17.8. The fourth-order valence-electron chi connectivity index (χ4n) is 4.14. The van der Waals surface area contributed by atoms with Crippen molar-refractivity contribution in [1.29, 1.82) is 0 Å². The van der Waals surface area contributed by atoms with Gasteiger partial charge in [-0.25, -0.2) is 4.79 Å². The largest absolute Gasteiger partial charge is 0.494 e. The molecule has 10 heteroatoms. The molecule has 4 rings (SSSR count). The van der Waals surface area contributed by atoms with Crippen LogP contribution in [0.25, 0.3) is 10.8 Å². The maximum Gasteiger partial charge on any atom is 0.372 e. The van der Waals surface area contributed by atoms with Crippen LogP contribution in [0.5, 0.6) is 34.5 Å². The van der Waals surface area contributed by atoms with E-state index >= 15 is 0 Å². The van der Waals surface area contributed by atoms with Gasteiger partial charge in [-0.3, -0.25) is 4.98 Å². The van der Waals surface area contributed by atoms with Crippen LogP contribution in [0.15, 0.2) is 72.0 Å². The number of carbonyl (C=O) groups excluding carboxylic acids is 1. The zero-order valence-electron chi connectivity index (χ0n) is 24.3. The van der Waals surface area contributed by atoms with Crippen molar-refractivity contribution in [2.75, 3.05) is 41.7 Å². The van der Waals surface area contributed by atoms with Crippen molar-refractivity contribution in [3.05, 3.63) is 78.1 Å². The van der Waals surface area contributed by atoms with Gasteiger partial charge in [-0.15, -0.1) is 0 Å². The first kappa shape index (κ1) is 30.0. The molecule has 1 heterocycles. The molecule has 0 atom stereocenters.